The lowest BCUT2D eigenvalue weighted by atomic mass is 9.82. The molecule has 0 unspecified atom stereocenters. The molecule has 53 heavy (non-hydrogen) atoms. The van der Waals surface area contributed by atoms with Gasteiger partial charge in [-0.2, -0.15) is 5.26 Å². The van der Waals surface area contributed by atoms with E-state index in [1.165, 1.54) is 12.1 Å². The van der Waals surface area contributed by atoms with Gasteiger partial charge < -0.3 is 19.7 Å². The number of nitriles is 1. The van der Waals surface area contributed by atoms with Crippen LogP contribution >= 0.6 is 0 Å². The summed E-state index contributed by atoms with van der Waals surface area (Å²) in [6.07, 6.45) is 7.60. The lowest BCUT2D eigenvalue weighted by Crippen LogP contribution is -2.47. The molecule has 292 valence electrons. The van der Waals surface area contributed by atoms with Crippen LogP contribution in [-0.4, -0.2) is 94.5 Å². The predicted molar refractivity (Wildman–Crippen MR) is 201 cm³/mol. The van der Waals surface area contributed by atoms with Crippen LogP contribution in [0.4, 0.5) is 5.69 Å². The molecular weight excluding hydrogens is 676 g/mol. The van der Waals surface area contributed by atoms with Crippen molar-refractivity contribution < 1.29 is 34.2 Å². The van der Waals surface area contributed by atoms with Gasteiger partial charge in [-0.3, -0.25) is 29.5 Å². The minimum absolute atomic E-state index is 0.0842. The molecule has 1 aromatic carbocycles. The zero-order valence-electron chi connectivity index (χ0n) is 32.0. The van der Waals surface area contributed by atoms with Gasteiger partial charge >= 0.3 is 11.9 Å². The summed E-state index contributed by atoms with van der Waals surface area (Å²) in [7, 11) is 0. The second kappa shape index (κ2) is 20.7. The number of hydrogen-bond acceptors (Lipinski definition) is 11. The van der Waals surface area contributed by atoms with E-state index in [1.54, 1.807) is 24.3 Å². The first-order chi connectivity index (χ1) is 25.3. The Balaban J connectivity index is 1.35. The number of non-ortho nitro benzene ring substituents is 1. The molecule has 1 saturated carbocycles. The summed E-state index contributed by atoms with van der Waals surface area (Å²) >= 11 is 0. The van der Waals surface area contributed by atoms with Crippen molar-refractivity contribution in [3.8, 4) is 6.07 Å². The van der Waals surface area contributed by atoms with E-state index < -0.39 is 35.1 Å². The standard InChI is InChI=1S/C41H60N4O8/c1-28-22-29(2)24-31(4)40(48)33(26-42)8-5-6-11-38(53-39(47)25-37(46)30(3)23-28)35-9-7-10-36(35)41(49)52-21-20-43-16-18-44(19-17-43)27-32-12-14-34(15-13-32)45(50)51/h5-6,8,12-15,28-31,35-38,40,46,48H,7,9-11,16-25,27H2,1-4H3/b6-5+,33-8-/t28-,29+,30-,31-,35+,36+,37-,38-,40+/m0/s1. The molecule has 2 fully saturated rings. The van der Waals surface area contributed by atoms with Crippen LogP contribution in [0.15, 0.2) is 48.1 Å². The van der Waals surface area contributed by atoms with Crippen LogP contribution in [0, 0.1) is 57.0 Å². The van der Waals surface area contributed by atoms with E-state index in [2.05, 4.69) is 29.7 Å². The molecule has 0 amide bonds. The maximum atomic E-state index is 13.5. The maximum Gasteiger partial charge on any atom is 0.309 e. The van der Waals surface area contributed by atoms with Crippen LogP contribution in [0.3, 0.4) is 0 Å². The number of piperazine rings is 1. The van der Waals surface area contributed by atoms with Gasteiger partial charge in [0.05, 0.1) is 41.1 Å². The number of hydrogen-bond donors (Lipinski definition) is 2. The SMILES string of the molecule is C[C@@H]1C[C@H](C)C[C@H](C)[C@@H](O)CC(=O)O[C@H]([C@@H]2CCC[C@H]2C(=O)OCCN2CCN(Cc3ccc([N+](=O)[O-])cc3)CC2)C/C=C/C=C(/C#N)[C@H](O)[C@@H](C)C1. The topological polar surface area (TPSA) is 166 Å². The Morgan fingerprint density at radius 2 is 1.66 bits per heavy atom. The number of carbonyl (C=O) groups excluding carboxylic acids is 2. The van der Waals surface area contributed by atoms with E-state index in [0.29, 0.717) is 37.6 Å². The van der Waals surface area contributed by atoms with Gasteiger partial charge in [0, 0.05) is 63.7 Å². The second-order valence-corrected chi connectivity index (χ2v) is 15.9. The third kappa shape index (κ3) is 13.0. The van der Waals surface area contributed by atoms with Crippen LogP contribution in [-0.2, 0) is 25.6 Å². The van der Waals surface area contributed by atoms with Gasteiger partial charge in [0.1, 0.15) is 12.7 Å². The number of ether oxygens (including phenoxy) is 2. The fraction of sp³-hybridized carbons (Fsp3) is 0.683. The number of nitro groups is 1. The molecule has 9 atom stereocenters. The minimum Gasteiger partial charge on any atom is -0.464 e. The van der Waals surface area contributed by atoms with Gasteiger partial charge in [-0.15, -0.1) is 0 Å². The monoisotopic (exact) mass is 736 g/mol. The summed E-state index contributed by atoms with van der Waals surface area (Å²) in [5.74, 6) is -1.02. The first-order valence-corrected chi connectivity index (χ1v) is 19.5. The van der Waals surface area contributed by atoms with Gasteiger partial charge in [-0.05, 0) is 67.4 Å². The summed E-state index contributed by atoms with van der Waals surface area (Å²) in [6.45, 7) is 13.1. The number of nitro benzene ring substituents is 1. The molecule has 0 bridgehead atoms. The van der Waals surface area contributed by atoms with Crippen LogP contribution in [0.1, 0.15) is 84.6 Å². The number of allylic oxidation sites excluding steroid dienone is 2. The Morgan fingerprint density at radius 1 is 1.00 bits per heavy atom. The Hall–Kier alpha value is -3.63. The second-order valence-electron chi connectivity index (χ2n) is 15.9. The number of cyclic esters (lactones) is 1. The smallest absolute Gasteiger partial charge is 0.309 e. The normalized spacial score (nSPS) is 33.3. The van der Waals surface area contributed by atoms with E-state index in [1.807, 2.05) is 19.9 Å². The molecule has 2 N–H and O–H groups in total. The number of benzene rings is 1. The quantitative estimate of drug-likeness (QED) is 0.188. The van der Waals surface area contributed by atoms with Crippen molar-refractivity contribution in [2.45, 2.75) is 104 Å². The third-order valence-electron chi connectivity index (χ3n) is 11.5. The molecule has 2 heterocycles. The van der Waals surface area contributed by atoms with E-state index >= 15 is 0 Å². The van der Waals surface area contributed by atoms with Gasteiger partial charge in [0.2, 0.25) is 0 Å². The number of esters is 2. The molecule has 12 heteroatoms. The largest absolute Gasteiger partial charge is 0.464 e. The molecule has 0 spiro atoms. The molecule has 3 aliphatic rings. The van der Waals surface area contributed by atoms with Gasteiger partial charge in [0.25, 0.3) is 5.69 Å². The molecule has 1 saturated heterocycles. The summed E-state index contributed by atoms with van der Waals surface area (Å²) in [5, 5.41) is 42.7. The Labute approximate surface area is 315 Å². The predicted octanol–water partition coefficient (Wildman–Crippen LogP) is 5.82. The highest BCUT2D eigenvalue weighted by molar-refractivity contribution is 5.74. The number of nitrogens with zero attached hydrogens (tertiary/aromatic N) is 4. The minimum atomic E-state index is -0.893. The highest BCUT2D eigenvalue weighted by Gasteiger charge is 2.41. The molecule has 1 aromatic rings. The molecular formula is C41H60N4O8. The molecule has 2 aliphatic heterocycles. The Bertz CT molecular complexity index is 1450. The molecule has 12 nitrogen and oxygen atoms in total. The lowest BCUT2D eigenvalue weighted by molar-refractivity contribution is -0.384. The third-order valence-corrected chi connectivity index (χ3v) is 11.5. The average Bonchev–Trinajstić information content (AvgIpc) is 3.61. The summed E-state index contributed by atoms with van der Waals surface area (Å²) in [4.78, 5) is 41.8. The van der Waals surface area contributed by atoms with Crippen molar-refractivity contribution in [2.24, 2.45) is 35.5 Å². The Kier molecular flexibility index (Phi) is 16.5. The zero-order chi connectivity index (χ0) is 38.5. The van der Waals surface area contributed by atoms with Crippen LogP contribution in [0.2, 0.25) is 0 Å². The van der Waals surface area contributed by atoms with Crippen LogP contribution in [0.25, 0.3) is 0 Å². The van der Waals surface area contributed by atoms with Crippen LogP contribution in [0.5, 0.6) is 0 Å². The number of aliphatic hydroxyl groups excluding tert-OH is 2. The van der Waals surface area contributed by atoms with Gasteiger partial charge in [0.15, 0.2) is 0 Å². The van der Waals surface area contributed by atoms with Crippen molar-refractivity contribution in [1.82, 2.24) is 9.80 Å². The van der Waals surface area contributed by atoms with E-state index in [-0.39, 0.29) is 48.0 Å². The fourth-order valence-electron chi connectivity index (χ4n) is 8.49. The summed E-state index contributed by atoms with van der Waals surface area (Å²) in [5.41, 5.74) is 1.40. The highest BCUT2D eigenvalue weighted by Crippen LogP contribution is 2.38. The number of aliphatic hydroxyl groups is 2. The molecule has 1 aliphatic carbocycles. The number of rotatable bonds is 8. The van der Waals surface area contributed by atoms with Gasteiger partial charge in [-0.1, -0.05) is 58.4 Å². The van der Waals surface area contributed by atoms with Crippen molar-refractivity contribution in [3.05, 3.63) is 63.7 Å². The van der Waals surface area contributed by atoms with E-state index in [9.17, 15) is 35.2 Å². The van der Waals surface area contributed by atoms with E-state index in [0.717, 1.165) is 64.0 Å². The molecule has 4 rings (SSSR count). The first-order valence-electron chi connectivity index (χ1n) is 19.5. The summed E-state index contributed by atoms with van der Waals surface area (Å²) < 4.78 is 11.9. The lowest BCUT2D eigenvalue weighted by Gasteiger charge is -2.34. The first kappa shape index (κ1) is 42.1. The van der Waals surface area contributed by atoms with Crippen molar-refractivity contribution in [1.29, 1.82) is 5.26 Å². The van der Waals surface area contributed by atoms with Gasteiger partial charge in [-0.25, -0.2) is 0 Å². The Morgan fingerprint density at radius 3 is 2.32 bits per heavy atom. The van der Waals surface area contributed by atoms with Crippen molar-refractivity contribution in [2.75, 3.05) is 39.3 Å². The number of carbonyl (C=O) groups is 2. The zero-order valence-corrected chi connectivity index (χ0v) is 32.0. The van der Waals surface area contributed by atoms with E-state index in [4.69, 9.17) is 9.47 Å². The molecule has 0 aromatic heterocycles. The summed E-state index contributed by atoms with van der Waals surface area (Å²) in [6, 6.07) is 8.81. The fourth-order valence-corrected chi connectivity index (χ4v) is 8.49. The average molecular weight is 737 g/mol. The highest BCUT2D eigenvalue weighted by atomic mass is 16.6. The maximum absolute atomic E-state index is 13.5. The van der Waals surface area contributed by atoms with Crippen molar-refractivity contribution in [3.63, 3.8) is 0 Å². The van der Waals surface area contributed by atoms with Crippen molar-refractivity contribution >= 4 is 17.6 Å². The van der Waals surface area contributed by atoms with Crippen LogP contribution < -0.4 is 0 Å². The molecule has 0 radical (unpaired) electrons.